The van der Waals surface area contributed by atoms with E-state index in [-0.39, 0.29) is 11.9 Å². The molecule has 0 bridgehead atoms. The summed E-state index contributed by atoms with van der Waals surface area (Å²) in [5.41, 5.74) is 0.926. The number of nitrogens with one attached hydrogen (secondary N) is 2. The second kappa shape index (κ2) is 10.6. The normalized spacial score (nSPS) is 16.7. The van der Waals surface area contributed by atoms with Gasteiger partial charge in [0.15, 0.2) is 17.6 Å². The molecule has 8 nitrogen and oxygen atoms in total. The van der Waals surface area contributed by atoms with Gasteiger partial charge in [0, 0.05) is 57.8 Å². The molecule has 0 saturated carbocycles. The van der Waals surface area contributed by atoms with Gasteiger partial charge in [0.1, 0.15) is 6.61 Å². The summed E-state index contributed by atoms with van der Waals surface area (Å²) in [6.45, 7) is 2.86. The Labute approximate surface area is 170 Å². The van der Waals surface area contributed by atoms with E-state index in [1.54, 1.807) is 32.6 Å². The maximum atomic E-state index is 14.0. The van der Waals surface area contributed by atoms with Gasteiger partial charge in [-0.2, -0.15) is 0 Å². The van der Waals surface area contributed by atoms with Crippen LogP contribution in [0.25, 0.3) is 0 Å². The van der Waals surface area contributed by atoms with Gasteiger partial charge in [-0.25, -0.2) is 14.4 Å². The van der Waals surface area contributed by atoms with Crippen LogP contribution in [-0.4, -0.2) is 62.4 Å². The van der Waals surface area contributed by atoms with Gasteiger partial charge in [-0.1, -0.05) is 6.07 Å². The fourth-order valence-corrected chi connectivity index (χ4v) is 3.16. The molecule has 9 heteroatoms. The van der Waals surface area contributed by atoms with Gasteiger partial charge in [-0.15, -0.1) is 0 Å². The Hall–Kier alpha value is -2.94. The van der Waals surface area contributed by atoms with Crippen LogP contribution in [0.3, 0.4) is 0 Å². The van der Waals surface area contributed by atoms with Crippen LogP contribution in [0.5, 0.6) is 5.88 Å². The molecule has 0 radical (unpaired) electrons. The Morgan fingerprint density at radius 2 is 2.10 bits per heavy atom. The third-order valence-electron chi connectivity index (χ3n) is 4.61. The number of anilines is 1. The topological polar surface area (TPSA) is 83.9 Å². The first-order valence-corrected chi connectivity index (χ1v) is 9.59. The van der Waals surface area contributed by atoms with Gasteiger partial charge in [0.2, 0.25) is 5.88 Å². The maximum absolute atomic E-state index is 14.0. The fourth-order valence-electron chi connectivity index (χ4n) is 3.16. The molecule has 0 spiro atoms. The minimum absolute atomic E-state index is 0.147. The number of aliphatic imine (C=N–C) groups is 1. The highest BCUT2D eigenvalue weighted by molar-refractivity contribution is 5.80. The quantitative estimate of drug-likeness (QED) is 0.394. The first kappa shape index (κ1) is 20.8. The van der Waals surface area contributed by atoms with Gasteiger partial charge in [0.05, 0.1) is 6.61 Å². The number of guanidine groups is 1. The summed E-state index contributed by atoms with van der Waals surface area (Å²) in [5, 5.41) is 6.68. The number of hydrogen-bond donors (Lipinski definition) is 2. The third kappa shape index (κ3) is 5.77. The molecule has 1 fully saturated rings. The SMILES string of the molecule is CN=C(NCc1cccnc1OCCOC)NC1CCN(c2ncccc2F)C1. The first-order valence-electron chi connectivity index (χ1n) is 9.59. The molecule has 0 aromatic carbocycles. The molecule has 1 aliphatic heterocycles. The van der Waals surface area contributed by atoms with Crippen molar-refractivity contribution in [2.75, 3.05) is 45.4 Å². The van der Waals surface area contributed by atoms with Crippen molar-refractivity contribution in [2.45, 2.75) is 19.0 Å². The second-order valence-electron chi connectivity index (χ2n) is 6.62. The lowest BCUT2D eigenvalue weighted by Crippen LogP contribution is -2.44. The molecule has 29 heavy (non-hydrogen) atoms. The molecule has 1 unspecified atom stereocenters. The fraction of sp³-hybridized carbons (Fsp3) is 0.450. The lowest BCUT2D eigenvalue weighted by molar-refractivity contribution is 0.143. The van der Waals surface area contributed by atoms with Gasteiger partial charge < -0.3 is 25.0 Å². The Bertz CT molecular complexity index is 819. The molecule has 3 rings (SSSR count). The second-order valence-corrected chi connectivity index (χ2v) is 6.62. The maximum Gasteiger partial charge on any atom is 0.218 e. The van der Waals surface area contributed by atoms with E-state index in [9.17, 15) is 4.39 Å². The largest absolute Gasteiger partial charge is 0.475 e. The average Bonchev–Trinajstić information content (AvgIpc) is 3.20. The van der Waals surface area contributed by atoms with Gasteiger partial charge >= 0.3 is 0 Å². The van der Waals surface area contributed by atoms with Crippen molar-refractivity contribution in [2.24, 2.45) is 4.99 Å². The minimum Gasteiger partial charge on any atom is -0.475 e. The van der Waals surface area contributed by atoms with Crippen LogP contribution in [0.4, 0.5) is 10.2 Å². The van der Waals surface area contributed by atoms with E-state index in [1.807, 2.05) is 17.0 Å². The number of ether oxygens (including phenoxy) is 2. The average molecular weight is 402 g/mol. The van der Waals surface area contributed by atoms with Crippen molar-refractivity contribution in [1.82, 2.24) is 20.6 Å². The third-order valence-corrected chi connectivity index (χ3v) is 4.61. The van der Waals surface area contributed by atoms with Crippen LogP contribution in [0.1, 0.15) is 12.0 Å². The van der Waals surface area contributed by atoms with Crippen molar-refractivity contribution in [1.29, 1.82) is 0 Å². The first-order chi connectivity index (χ1) is 14.2. The van der Waals surface area contributed by atoms with Gasteiger partial charge in [-0.05, 0) is 24.6 Å². The van der Waals surface area contributed by atoms with Crippen LogP contribution >= 0.6 is 0 Å². The van der Waals surface area contributed by atoms with E-state index in [0.717, 1.165) is 18.5 Å². The summed E-state index contributed by atoms with van der Waals surface area (Å²) in [5.74, 6) is 1.34. The standard InChI is InChI=1S/C20H27FN6O2/c1-22-20(25-13-15-5-3-9-24-19(15)29-12-11-28-2)26-16-7-10-27(14-16)18-17(21)6-4-8-23-18/h3-6,8-9,16H,7,10-14H2,1-2H3,(H2,22,25,26). The molecule has 0 amide bonds. The predicted octanol–water partition coefficient (Wildman–Crippen LogP) is 1.58. The zero-order valence-electron chi connectivity index (χ0n) is 16.8. The van der Waals surface area contributed by atoms with Crippen molar-refractivity contribution < 1.29 is 13.9 Å². The summed E-state index contributed by atoms with van der Waals surface area (Å²) >= 11 is 0. The Morgan fingerprint density at radius 3 is 2.90 bits per heavy atom. The van der Waals surface area contributed by atoms with E-state index < -0.39 is 0 Å². The van der Waals surface area contributed by atoms with Crippen molar-refractivity contribution in [3.05, 3.63) is 48.0 Å². The smallest absolute Gasteiger partial charge is 0.218 e. The number of aromatic nitrogens is 2. The molecule has 2 N–H and O–H groups in total. The van der Waals surface area contributed by atoms with Crippen LogP contribution in [-0.2, 0) is 11.3 Å². The summed E-state index contributed by atoms with van der Waals surface area (Å²) in [4.78, 5) is 14.7. The summed E-state index contributed by atoms with van der Waals surface area (Å²) in [6, 6.07) is 7.00. The summed E-state index contributed by atoms with van der Waals surface area (Å²) in [7, 11) is 3.35. The Kier molecular flexibility index (Phi) is 7.57. The van der Waals surface area contributed by atoms with Crippen LogP contribution in [0.15, 0.2) is 41.7 Å². The number of methoxy groups -OCH3 is 1. The summed E-state index contributed by atoms with van der Waals surface area (Å²) < 4.78 is 24.6. The highest BCUT2D eigenvalue weighted by atomic mass is 19.1. The molecule has 3 heterocycles. The van der Waals surface area contributed by atoms with Gasteiger partial charge in [0.25, 0.3) is 0 Å². The predicted molar refractivity (Wildman–Crippen MR) is 110 cm³/mol. The molecule has 2 aromatic rings. The van der Waals surface area contributed by atoms with E-state index in [2.05, 4.69) is 25.6 Å². The molecular formula is C20H27FN6O2. The number of hydrogen-bond acceptors (Lipinski definition) is 6. The Balaban J connectivity index is 1.52. The van der Waals surface area contributed by atoms with Crippen LogP contribution in [0.2, 0.25) is 0 Å². The van der Waals surface area contributed by atoms with Crippen LogP contribution < -0.4 is 20.3 Å². The number of nitrogens with zero attached hydrogens (tertiary/aromatic N) is 4. The van der Waals surface area contributed by atoms with Gasteiger partial charge in [-0.3, -0.25) is 4.99 Å². The lowest BCUT2D eigenvalue weighted by atomic mass is 10.2. The zero-order valence-corrected chi connectivity index (χ0v) is 16.8. The van der Waals surface area contributed by atoms with E-state index >= 15 is 0 Å². The van der Waals surface area contributed by atoms with E-state index in [4.69, 9.17) is 9.47 Å². The van der Waals surface area contributed by atoms with Crippen molar-refractivity contribution >= 4 is 11.8 Å². The van der Waals surface area contributed by atoms with Crippen molar-refractivity contribution in [3.63, 3.8) is 0 Å². The monoisotopic (exact) mass is 402 g/mol. The highest BCUT2D eigenvalue weighted by Crippen LogP contribution is 2.20. The Morgan fingerprint density at radius 1 is 1.28 bits per heavy atom. The molecule has 156 valence electrons. The summed E-state index contributed by atoms with van der Waals surface area (Å²) in [6.07, 6.45) is 4.18. The molecule has 2 aromatic heterocycles. The van der Waals surface area contributed by atoms with E-state index in [0.29, 0.717) is 44.0 Å². The molecular weight excluding hydrogens is 375 g/mol. The van der Waals surface area contributed by atoms with E-state index in [1.165, 1.54) is 6.07 Å². The number of pyridine rings is 2. The minimum atomic E-state index is -0.298. The lowest BCUT2D eigenvalue weighted by Gasteiger charge is -2.20. The molecule has 1 saturated heterocycles. The zero-order chi connectivity index (χ0) is 20.5. The number of halogens is 1. The molecule has 0 aliphatic carbocycles. The molecule has 1 atom stereocenters. The van der Waals surface area contributed by atoms with Crippen molar-refractivity contribution in [3.8, 4) is 5.88 Å². The van der Waals surface area contributed by atoms with Crippen LogP contribution in [0, 0.1) is 5.82 Å². The molecule has 1 aliphatic rings. The highest BCUT2D eigenvalue weighted by Gasteiger charge is 2.26. The number of rotatable bonds is 8.